The highest BCUT2D eigenvalue weighted by molar-refractivity contribution is 6.14. The number of esters is 5. The summed E-state index contributed by atoms with van der Waals surface area (Å²) in [6.07, 6.45) is 9.97. The number of nitrogens with two attached hydrogens (primary N) is 1. The molecule has 0 amide bonds. The first kappa shape index (κ1) is 91.7. The van der Waals surface area contributed by atoms with Gasteiger partial charge in [0.1, 0.15) is 17.4 Å². The van der Waals surface area contributed by atoms with E-state index < -0.39 is 41.2 Å². The maximum atomic E-state index is 11.9. The largest absolute Gasteiger partial charge is 0.500 e. The van der Waals surface area contributed by atoms with Gasteiger partial charge in [-0.15, -0.1) is 0 Å². The summed E-state index contributed by atoms with van der Waals surface area (Å²) >= 11 is 0. The second-order valence-electron chi connectivity index (χ2n) is 16.4. The quantitative estimate of drug-likeness (QED) is 0.0121. The summed E-state index contributed by atoms with van der Waals surface area (Å²) in [4.78, 5) is 97.2. The normalized spacial score (nSPS) is 8.67. The molecule has 0 saturated carbocycles. The summed E-state index contributed by atoms with van der Waals surface area (Å²) in [5, 5.41) is 12.5. The number of fused-ring (bicyclic) bond motifs is 2. The number of aromatic carboxylic acids is 1. The van der Waals surface area contributed by atoms with Gasteiger partial charge in [0.2, 0.25) is 10.9 Å². The molecule has 6 aromatic rings. The Hall–Kier alpha value is -9.00. The van der Waals surface area contributed by atoms with Crippen LogP contribution in [0.5, 0.6) is 0 Å². The first-order valence-electron chi connectivity index (χ1n) is 27.8. The predicted molar refractivity (Wildman–Crippen MR) is 358 cm³/mol. The number of nitrogens with one attached hydrogen (secondary N) is 3. The van der Waals surface area contributed by atoms with Crippen LogP contribution in [0, 0.1) is 0 Å². The summed E-state index contributed by atoms with van der Waals surface area (Å²) in [6, 6.07) is 32.5. The number of aromatic amines is 2. The molecule has 19 heteroatoms. The third-order valence-electron chi connectivity index (χ3n) is 8.61. The average Bonchev–Trinajstić information content (AvgIpc) is 2.55. The third-order valence-corrected chi connectivity index (χ3v) is 8.61. The summed E-state index contributed by atoms with van der Waals surface area (Å²) in [5.41, 5.74) is 6.97. The van der Waals surface area contributed by atoms with E-state index in [1.807, 2.05) is 66.7 Å². The van der Waals surface area contributed by atoms with Crippen LogP contribution >= 0.6 is 0 Å². The van der Waals surface area contributed by atoms with Crippen LogP contribution in [0.3, 0.4) is 0 Å². The number of para-hydroxylation sites is 4. The second-order valence-corrected chi connectivity index (χ2v) is 16.4. The minimum atomic E-state index is -1.21. The zero-order valence-corrected chi connectivity index (χ0v) is 51.0. The molecule has 2 aromatic heterocycles. The van der Waals surface area contributed by atoms with Gasteiger partial charge >= 0.3 is 35.8 Å². The number of carboxylic acid groups (broad SMARTS) is 1. The second kappa shape index (κ2) is 60.1. The number of aromatic nitrogens is 2. The number of carboxylic acids is 1. The fourth-order valence-electron chi connectivity index (χ4n) is 5.38. The molecule has 0 atom stereocenters. The molecule has 0 spiro atoms. The van der Waals surface area contributed by atoms with Crippen LogP contribution in [0.25, 0.3) is 21.8 Å². The van der Waals surface area contributed by atoms with E-state index in [0.717, 1.165) is 17.6 Å². The maximum absolute atomic E-state index is 11.9. The van der Waals surface area contributed by atoms with Gasteiger partial charge < -0.3 is 54.5 Å². The maximum Gasteiger partial charge on any atom is 0.348 e. The van der Waals surface area contributed by atoms with E-state index in [4.69, 9.17) is 29.8 Å². The molecule has 19 nitrogen and oxygen atoms in total. The van der Waals surface area contributed by atoms with E-state index in [-0.39, 0.29) is 90.4 Å². The van der Waals surface area contributed by atoms with E-state index in [9.17, 15) is 38.4 Å². The van der Waals surface area contributed by atoms with Crippen LogP contribution in [-0.2, 0) is 47.6 Å². The molecule has 0 aliphatic heterocycles. The minimum absolute atomic E-state index is 0. The van der Waals surface area contributed by atoms with Gasteiger partial charge in [0.15, 0.2) is 11.1 Å². The fourth-order valence-corrected chi connectivity index (χ4v) is 5.38. The Morgan fingerprint density at radius 1 is 0.448 bits per heavy atom. The average molecular weight is 1220 g/mol. The Morgan fingerprint density at radius 3 is 1.10 bits per heavy atom. The van der Waals surface area contributed by atoms with Crippen molar-refractivity contribution in [3.63, 3.8) is 0 Å². The van der Waals surface area contributed by atoms with Crippen molar-refractivity contribution >= 4 is 69.0 Å². The number of ether oxygens (including phenoxy) is 6. The van der Waals surface area contributed by atoms with Crippen LogP contribution in [0.2, 0.25) is 0 Å². The number of benzene rings is 4. The van der Waals surface area contributed by atoms with Gasteiger partial charge in [-0.1, -0.05) is 171 Å². The lowest BCUT2D eigenvalue weighted by Crippen LogP contribution is -2.19. The predicted octanol–water partition coefficient (Wildman–Crippen LogP) is 15.6. The number of carbonyl (C=O) groups excluding carboxylic acids is 5. The fraction of sp³-hybridized carbons (Fsp3) is 0.412. The number of H-pyrrole nitrogens is 2. The molecule has 4 aromatic carbocycles. The molecule has 87 heavy (non-hydrogen) atoms. The molecule has 0 bridgehead atoms. The highest BCUT2D eigenvalue weighted by Gasteiger charge is 2.22. The number of pyridine rings is 2. The van der Waals surface area contributed by atoms with E-state index in [0.29, 0.717) is 28.4 Å². The van der Waals surface area contributed by atoms with E-state index in [1.165, 1.54) is 44.3 Å². The van der Waals surface area contributed by atoms with Crippen molar-refractivity contribution in [3.05, 3.63) is 177 Å². The Labute approximate surface area is 519 Å². The van der Waals surface area contributed by atoms with Gasteiger partial charge in [-0.2, -0.15) is 0 Å². The zero-order chi connectivity index (χ0) is 63.4. The molecule has 6 rings (SSSR count). The standard InChI is InChI=1S/C14H17NO4.C12H11NO3.C10H7NO3.C10H16O5.C6H7N.4C3H8.4CH4/c1-3-18-13(16)12(14(17)19-4-2)10-15-11-8-6-5-7-9-11;1-2-16-12(15)9-7-13-10-6-4-3-5-8(10)11(9)14;12-9-6-3-1-2-4-8(6)11-5-7(9)10(13)14;1-4-13-7-8(9(11)14-5-2)10(12)15-6-3;7-6-4-2-1-3-5-6;4*1-3-2;;;;/h5-10,15H,3-4H2,1-2H3;3-7H,2H2,1H3,(H,13,14);1-5H,(H,11,12)(H,13,14);7H,4-6H2,1-3H3;1-5H,7H2;4*3H2,1-2H3;4*1H4. The van der Waals surface area contributed by atoms with Gasteiger partial charge in [-0.25, -0.2) is 28.8 Å². The molecule has 0 saturated heterocycles. The number of nitrogen functional groups attached to an aromatic ring is 1. The van der Waals surface area contributed by atoms with Crippen LogP contribution < -0.4 is 21.9 Å². The summed E-state index contributed by atoms with van der Waals surface area (Å²) in [5.74, 6) is -4.67. The lowest BCUT2D eigenvalue weighted by Gasteiger charge is -2.07. The Balaban J connectivity index is -0.000000176. The smallest absolute Gasteiger partial charge is 0.348 e. The number of rotatable bonds is 15. The van der Waals surface area contributed by atoms with Crippen molar-refractivity contribution in [2.75, 3.05) is 50.7 Å². The van der Waals surface area contributed by atoms with Crippen LogP contribution in [0.1, 0.15) is 173 Å². The van der Waals surface area contributed by atoms with E-state index in [1.54, 1.807) is 84.0 Å². The van der Waals surface area contributed by atoms with Gasteiger partial charge in [-0.3, -0.25) is 9.59 Å². The van der Waals surface area contributed by atoms with Crippen LogP contribution in [0.4, 0.5) is 11.4 Å². The molecule has 0 radical (unpaired) electrons. The van der Waals surface area contributed by atoms with Crippen molar-refractivity contribution in [2.45, 2.75) is 152 Å². The van der Waals surface area contributed by atoms with Crippen molar-refractivity contribution in [1.82, 2.24) is 9.97 Å². The van der Waals surface area contributed by atoms with Gasteiger partial charge in [-0.05, 0) is 90.1 Å². The zero-order valence-electron chi connectivity index (χ0n) is 51.0. The molecule has 488 valence electrons. The van der Waals surface area contributed by atoms with Crippen LogP contribution in [-0.4, -0.2) is 90.5 Å². The van der Waals surface area contributed by atoms with Gasteiger partial charge in [0.25, 0.3) is 0 Å². The monoisotopic (exact) mass is 1220 g/mol. The molecule has 0 fully saturated rings. The first-order valence-corrected chi connectivity index (χ1v) is 27.8. The number of hydrogen-bond acceptors (Lipinski definition) is 16. The number of anilines is 2. The summed E-state index contributed by atoms with van der Waals surface area (Å²) in [6.45, 7) is 28.5. The van der Waals surface area contributed by atoms with Gasteiger partial charge in [0.05, 0.1) is 39.6 Å². The lowest BCUT2D eigenvalue weighted by molar-refractivity contribution is -0.148. The minimum Gasteiger partial charge on any atom is -0.500 e. The third kappa shape index (κ3) is 40.8. The topological polar surface area (TPSA) is 282 Å². The molecule has 0 unspecified atom stereocenters. The molecule has 6 N–H and O–H groups in total. The summed E-state index contributed by atoms with van der Waals surface area (Å²) < 4.78 is 28.7. The molecule has 0 aliphatic rings. The van der Waals surface area contributed by atoms with E-state index >= 15 is 0 Å². The Morgan fingerprint density at radius 2 is 0.770 bits per heavy atom. The van der Waals surface area contributed by atoms with E-state index in [2.05, 4.69) is 80.1 Å². The lowest BCUT2D eigenvalue weighted by atomic mass is 10.1. The number of carbonyl (C=O) groups is 6. The van der Waals surface area contributed by atoms with Crippen molar-refractivity contribution in [1.29, 1.82) is 0 Å². The highest BCUT2D eigenvalue weighted by atomic mass is 16.6. The van der Waals surface area contributed by atoms with Gasteiger partial charge in [0, 0.05) is 51.8 Å². The molecule has 0 aliphatic carbocycles. The molecule has 2 heterocycles. The van der Waals surface area contributed by atoms with Crippen molar-refractivity contribution in [3.8, 4) is 0 Å². The molecular formula is C68H106N4O15. The van der Waals surface area contributed by atoms with Crippen LogP contribution in [0.15, 0.2) is 155 Å². The van der Waals surface area contributed by atoms with Crippen molar-refractivity contribution in [2.24, 2.45) is 0 Å². The SMILES string of the molecule is C.C.C.C.CCC.CCC.CCC.CCC.CCOC(=O)C(=CNc1ccccc1)C(=O)OCC.CCOC(=O)c1c[nH]c2ccccc2c1=O.CCOC=C(C(=O)OCC)C(=O)OCC.Nc1ccccc1.O=C(O)c1c[nH]c2ccccc2c1=O. The Kier molecular flexibility index (Phi) is 63.4. The molecular weight excluding hydrogens is 1110 g/mol. The first-order chi connectivity index (χ1) is 39.8. The van der Waals surface area contributed by atoms with Crippen molar-refractivity contribution < 1.29 is 62.3 Å². The summed E-state index contributed by atoms with van der Waals surface area (Å²) in [7, 11) is 0. The Bertz CT molecular complexity index is 2870. The highest BCUT2D eigenvalue weighted by Crippen LogP contribution is 2.11. The number of hydrogen-bond donors (Lipinski definition) is 5.